The van der Waals surface area contributed by atoms with Gasteiger partial charge < -0.3 is 15.2 Å². The van der Waals surface area contributed by atoms with E-state index in [1.807, 2.05) is 0 Å². The number of ether oxygens (including phenoxy) is 1. The van der Waals surface area contributed by atoms with E-state index in [2.05, 4.69) is 20.4 Å². The Bertz CT molecular complexity index is 569. The van der Waals surface area contributed by atoms with Gasteiger partial charge in [-0.05, 0) is 12.1 Å². The van der Waals surface area contributed by atoms with E-state index in [4.69, 9.17) is 9.84 Å². The van der Waals surface area contributed by atoms with Gasteiger partial charge in [0.1, 0.15) is 5.82 Å². The summed E-state index contributed by atoms with van der Waals surface area (Å²) in [5.41, 5.74) is -0.0543. The van der Waals surface area contributed by atoms with Crippen LogP contribution in [0.5, 0.6) is 0 Å². The molecule has 0 saturated heterocycles. The van der Waals surface area contributed by atoms with Gasteiger partial charge in [0, 0.05) is 26.0 Å². The van der Waals surface area contributed by atoms with E-state index in [1.54, 1.807) is 19.4 Å². The van der Waals surface area contributed by atoms with E-state index in [1.165, 1.54) is 16.9 Å². The van der Waals surface area contributed by atoms with Crippen molar-refractivity contribution in [1.82, 2.24) is 19.7 Å². The number of hydrogen-bond donors (Lipinski definition) is 2. The van der Waals surface area contributed by atoms with Crippen molar-refractivity contribution in [3.05, 3.63) is 30.2 Å². The van der Waals surface area contributed by atoms with Crippen molar-refractivity contribution in [3.8, 4) is 5.95 Å². The van der Waals surface area contributed by atoms with Gasteiger partial charge in [0.2, 0.25) is 0 Å². The summed E-state index contributed by atoms with van der Waals surface area (Å²) >= 11 is 0. The molecule has 19 heavy (non-hydrogen) atoms. The van der Waals surface area contributed by atoms with Gasteiger partial charge in [-0.2, -0.15) is 10.1 Å². The van der Waals surface area contributed by atoms with Crippen LogP contribution in [0.25, 0.3) is 5.95 Å². The molecule has 0 saturated carbocycles. The van der Waals surface area contributed by atoms with E-state index in [9.17, 15) is 4.79 Å². The van der Waals surface area contributed by atoms with Crippen molar-refractivity contribution < 1.29 is 14.6 Å². The third kappa shape index (κ3) is 3.26. The molecule has 0 unspecified atom stereocenters. The minimum Gasteiger partial charge on any atom is -0.476 e. The summed E-state index contributed by atoms with van der Waals surface area (Å²) in [5, 5.41) is 15.7. The largest absolute Gasteiger partial charge is 0.476 e. The van der Waals surface area contributed by atoms with Gasteiger partial charge in [0.15, 0.2) is 5.69 Å². The molecule has 0 bridgehead atoms. The highest BCUT2D eigenvalue weighted by Crippen LogP contribution is 2.06. The summed E-state index contributed by atoms with van der Waals surface area (Å²) in [5.74, 6) is -0.169. The molecule has 2 heterocycles. The zero-order chi connectivity index (χ0) is 13.7. The maximum Gasteiger partial charge on any atom is 0.356 e. The van der Waals surface area contributed by atoms with Gasteiger partial charge in [-0.3, -0.25) is 0 Å². The fraction of sp³-hybridized carbons (Fsp3) is 0.273. The Morgan fingerprint density at radius 3 is 3.05 bits per heavy atom. The molecule has 0 atom stereocenters. The van der Waals surface area contributed by atoms with Crippen molar-refractivity contribution in [1.29, 1.82) is 0 Å². The maximum atomic E-state index is 10.7. The van der Waals surface area contributed by atoms with E-state index in [-0.39, 0.29) is 5.69 Å². The molecular weight excluding hydrogens is 250 g/mol. The lowest BCUT2D eigenvalue weighted by Gasteiger charge is -2.05. The molecule has 0 aliphatic heterocycles. The van der Waals surface area contributed by atoms with E-state index < -0.39 is 5.97 Å². The number of nitrogens with zero attached hydrogens (tertiary/aromatic N) is 4. The van der Waals surface area contributed by atoms with Crippen molar-refractivity contribution >= 4 is 11.8 Å². The molecule has 0 aliphatic carbocycles. The summed E-state index contributed by atoms with van der Waals surface area (Å²) in [4.78, 5) is 19.0. The molecule has 8 heteroatoms. The molecule has 0 fully saturated rings. The Kier molecular flexibility index (Phi) is 4.04. The SMILES string of the molecule is COCCNc1ccnc(-n2ccc(C(=O)O)n2)n1. The van der Waals surface area contributed by atoms with Crippen LogP contribution in [-0.2, 0) is 4.74 Å². The summed E-state index contributed by atoms with van der Waals surface area (Å²) in [6.07, 6.45) is 3.07. The molecule has 0 aliphatic rings. The third-order valence-electron chi connectivity index (χ3n) is 2.27. The van der Waals surface area contributed by atoms with Crippen LogP contribution < -0.4 is 5.32 Å². The minimum absolute atomic E-state index is 0.0543. The Balaban J connectivity index is 2.15. The topological polar surface area (TPSA) is 102 Å². The van der Waals surface area contributed by atoms with Gasteiger partial charge in [0.05, 0.1) is 6.61 Å². The predicted octanol–water partition coefficient (Wildman–Crippen LogP) is 0.419. The second-order valence-corrected chi connectivity index (χ2v) is 3.61. The molecular formula is C11H13N5O3. The van der Waals surface area contributed by atoms with Crippen molar-refractivity contribution in [2.75, 3.05) is 25.6 Å². The maximum absolute atomic E-state index is 10.7. The first-order valence-corrected chi connectivity index (χ1v) is 5.56. The quantitative estimate of drug-likeness (QED) is 0.728. The van der Waals surface area contributed by atoms with Crippen molar-refractivity contribution in [2.45, 2.75) is 0 Å². The molecule has 2 aromatic heterocycles. The summed E-state index contributed by atoms with van der Waals surface area (Å²) < 4.78 is 6.23. The molecule has 100 valence electrons. The third-order valence-corrected chi connectivity index (χ3v) is 2.27. The van der Waals surface area contributed by atoms with Crippen LogP contribution in [0.15, 0.2) is 24.5 Å². The molecule has 0 radical (unpaired) electrons. The van der Waals surface area contributed by atoms with Crippen molar-refractivity contribution in [3.63, 3.8) is 0 Å². The Labute approximate surface area is 109 Å². The molecule has 2 N–H and O–H groups in total. The lowest BCUT2D eigenvalue weighted by atomic mass is 10.5. The normalized spacial score (nSPS) is 10.4. The van der Waals surface area contributed by atoms with Crippen LogP contribution in [-0.4, -0.2) is 51.1 Å². The van der Waals surface area contributed by atoms with Gasteiger partial charge in [-0.15, -0.1) is 0 Å². The van der Waals surface area contributed by atoms with E-state index >= 15 is 0 Å². The summed E-state index contributed by atoms with van der Waals surface area (Å²) in [6, 6.07) is 3.09. The molecule has 0 spiro atoms. The monoisotopic (exact) mass is 263 g/mol. The summed E-state index contributed by atoms with van der Waals surface area (Å²) in [7, 11) is 1.62. The number of carboxylic acid groups (broad SMARTS) is 1. The lowest BCUT2D eigenvalue weighted by molar-refractivity contribution is 0.0690. The number of aromatic nitrogens is 4. The van der Waals surface area contributed by atoms with Crippen molar-refractivity contribution in [2.24, 2.45) is 0 Å². The Hall–Kier alpha value is -2.48. The standard InChI is InChI=1S/C11H13N5O3/c1-19-7-5-12-9-2-4-13-11(14-9)16-6-3-8(15-16)10(17)18/h2-4,6H,5,7H2,1H3,(H,17,18)(H,12,13,14). The second kappa shape index (κ2) is 5.91. The average Bonchev–Trinajstić information content (AvgIpc) is 2.89. The molecule has 8 nitrogen and oxygen atoms in total. The highest BCUT2D eigenvalue weighted by atomic mass is 16.5. The van der Waals surface area contributed by atoms with Gasteiger partial charge in [-0.25, -0.2) is 14.5 Å². The molecule has 2 aromatic rings. The highest BCUT2D eigenvalue weighted by molar-refractivity contribution is 5.85. The summed E-state index contributed by atoms with van der Waals surface area (Å²) in [6.45, 7) is 1.18. The number of nitrogens with one attached hydrogen (secondary N) is 1. The zero-order valence-electron chi connectivity index (χ0n) is 10.3. The first-order chi connectivity index (χ1) is 9.20. The molecule has 0 aromatic carbocycles. The van der Waals surface area contributed by atoms with Crippen LogP contribution in [0, 0.1) is 0 Å². The minimum atomic E-state index is -1.09. The Morgan fingerprint density at radius 1 is 1.53 bits per heavy atom. The van der Waals surface area contributed by atoms with Gasteiger partial charge >= 0.3 is 5.97 Å². The lowest BCUT2D eigenvalue weighted by Crippen LogP contribution is -2.11. The van der Waals surface area contributed by atoms with Crippen LogP contribution in [0.2, 0.25) is 0 Å². The number of hydrogen-bond acceptors (Lipinski definition) is 6. The number of anilines is 1. The second-order valence-electron chi connectivity index (χ2n) is 3.61. The number of methoxy groups -OCH3 is 1. The van der Waals surface area contributed by atoms with Crippen LogP contribution >= 0.6 is 0 Å². The van der Waals surface area contributed by atoms with Gasteiger partial charge in [-0.1, -0.05) is 0 Å². The van der Waals surface area contributed by atoms with Crippen LogP contribution in [0.1, 0.15) is 10.5 Å². The fourth-order valence-electron chi connectivity index (χ4n) is 1.39. The first kappa shape index (κ1) is 13.0. The highest BCUT2D eigenvalue weighted by Gasteiger charge is 2.09. The average molecular weight is 263 g/mol. The number of aromatic carboxylic acids is 1. The zero-order valence-corrected chi connectivity index (χ0v) is 10.3. The molecule has 2 rings (SSSR count). The number of rotatable bonds is 6. The van der Waals surface area contributed by atoms with Crippen LogP contribution in [0.4, 0.5) is 5.82 Å². The van der Waals surface area contributed by atoms with E-state index in [0.717, 1.165) is 0 Å². The predicted molar refractivity (Wildman–Crippen MR) is 66.5 cm³/mol. The fourth-order valence-corrected chi connectivity index (χ4v) is 1.39. The number of carboxylic acids is 1. The number of carbonyl (C=O) groups is 1. The van der Waals surface area contributed by atoms with Crippen LogP contribution in [0.3, 0.4) is 0 Å². The smallest absolute Gasteiger partial charge is 0.356 e. The first-order valence-electron chi connectivity index (χ1n) is 5.56. The van der Waals surface area contributed by atoms with E-state index in [0.29, 0.717) is 24.9 Å². The molecule has 0 amide bonds. The van der Waals surface area contributed by atoms with Gasteiger partial charge in [0.25, 0.3) is 5.95 Å². The Morgan fingerprint density at radius 2 is 2.37 bits per heavy atom.